The fraction of sp³-hybridized carbons (Fsp3) is 0.625. The second kappa shape index (κ2) is 5.93. The van der Waals surface area contributed by atoms with E-state index in [1.165, 1.54) is 11.1 Å². The summed E-state index contributed by atoms with van der Waals surface area (Å²) < 4.78 is 5.28. The maximum Gasteiger partial charge on any atom is 0.119 e. The first-order valence-electron chi connectivity index (χ1n) is 7.21. The minimum absolute atomic E-state index is 0.192. The summed E-state index contributed by atoms with van der Waals surface area (Å²) in [5.74, 6) is 1.06. The molecule has 3 heteroatoms. The average Bonchev–Trinajstić information content (AvgIpc) is 2.43. The van der Waals surface area contributed by atoms with Crippen molar-refractivity contribution in [2.75, 3.05) is 13.7 Å². The number of fused-ring (bicyclic) bond motifs is 1. The van der Waals surface area contributed by atoms with E-state index in [1.54, 1.807) is 7.11 Å². The lowest BCUT2D eigenvalue weighted by Gasteiger charge is -2.39. The topological polar surface area (TPSA) is 55.5 Å². The summed E-state index contributed by atoms with van der Waals surface area (Å²) in [7, 11) is 1.68. The highest BCUT2D eigenvalue weighted by molar-refractivity contribution is 5.38. The van der Waals surface area contributed by atoms with Gasteiger partial charge in [0.25, 0.3) is 0 Å². The molecule has 2 atom stereocenters. The Morgan fingerprint density at radius 3 is 2.84 bits per heavy atom. The Hall–Kier alpha value is -1.06. The van der Waals surface area contributed by atoms with E-state index >= 15 is 0 Å². The molecule has 2 rings (SSSR count). The Balaban J connectivity index is 2.23. The van der Waals surface area contributed by atoms with Crippen LogP contribution in [0.25, 0.3) is 0 Å². The van der Waals surface area contributed by atoms with E-state index in [2.05, 4.69) is 19.1 Å². The van der Waals surface area contributed by atoms with E-state index in [0.717, 1.165) is 31.4 Å². The highest BCUT2D eigenvalue weighted by Crippen LogP contribution is 2.37. The van der Waals surface area contributed by atoms with Gasteiger partial charge in [-0.25, -0.2) is 0 Å². The van der Waals surface area contributed by atoms with Crippen molar-refractivity contribution < 1.29 is 9.84 Å². The van der Waals surface area contributed by atoms with E-state index in [0.29, 0.717) is 13.0 Å². The van der Waals surface area contributed by atoms with Crippen LogP contribution in [0, 0.1) is 5.92 Å². The van der Waals surface area contributed by atoms with Crippen LogP contribution in [-0.2, 0) is 12.8 Å². The number of nitrogens with two attached hydrogens (primary N) is 1. The van der Waals surface area contributed by atoms with Crippen molar-refractivity contribution in [1.29, 1.82) is 0 Å². The summed E-state index contributed by atoms with van der Waals surface area (Å²) in [5, 5.41) is 11.0. The molecular weight excluding hydrogens is 238 g/mol. The van der Waals surface area contributed by atoms with Crippen LogP contribution < -0.4 is 10.5 Å². The summed E-state index contributed by atoms with van der Waals surface area (Å²) in [5.41, 5.74) is 7.76. The Labute approximate surface area is 115 Å². The van der Waals surface area contributed by atoms with E-state index in [4.69, 9.17) is 10.5 Å². The van der Waals surface area contributed by atoms with E-state index in [-0.39, 0.29) is 5.92 Å². The van der Waals surface area contributed by atoms with Gasteiger partial charge in [0, 0.05) is 12.3 Å². The third-order valence-corrected chi connectivity index (χ3v) is 4.42. The fourth-order valence-electron chi connectivity index (χ4n) is 3.21. The third kappa shape index (κ3) is 2.93. The molecule has 3 N–H and O–H groups in total. The maximum atomic E-state index is 11.0. The largest absolute Gasteiger partial charge is 0.497 e. The molecular formula is C16H25NO2. The molecule has 1 aliphatic rings. The molecule has 106 valence electrons. The van der Waals surface area contributed by atoms with Gasteiger partial charge in [0.2, 0.25) is 0 Å². The Kier molecular flexibility index (Phi) is 4.48. The van der Waals surface area contributed by atoms with Crippen molar-refractivity contribution in [2.45, 2.75) is 44.6 Å². The van der Waals surface area contributed by atoms with Gasteiger partial charge in [0.15, 0.2) is 0 Å². The molecule has 0 saturated heterocycles. The zero-order valence-electron chi connectivity index (χ0n) is 12.0. The molecule has 0 heterocycles. The van der Waals surface area contributed by atoms with Crippen molar-refractivity contribution >= 4 is 0 Å². The number of ether oxygens (including phenoxy) is 1. The van der Waals surface area contributed by atoms with Crippen molar-refractivity contribution in [3.05, 3.63) is 29.3 Å². The first-order valence-corrected chi connectivity index (χ1v) is 7.21. The number of hydrogen-bond acceptors (Lipinski definition) is 3. The molecule has 0 aliphatic heterocycles. The fourth-order valence-corrected chi connectivity index (χ4v) is 3.21. The van der Waals surface area contributed by atoms with Gasteiger partial charge in [-0.1, -0.05) is 19.4 Å². The number of hydrogen-bond donors (Lipinski definition) is 2. The van der Waals surface area contributed by atoms with Gasteiger partial charge in [-0.05, 0) is 49.1 Å². The molecule has 3 nitrogen and oxygen atoms in total. The van der Waals surface area contributed by atoms with Gasteiger partial charge >= 0.3 is 0 Å². The second-order valence-electron chi connectivity index (χ2n) is 5.64. The van der Waals surface area contributed by atoms with Crippen LogP contribution >= 0.6 is 0 Å². The van der Waals surface area contributed by atoms with Crippen LogP contribution in [-0.4, -0.2) is 24.4 Å². The van der Waals surface area contributed by atoms with Gasteiger partial charge in [0.1, 0.15) is 5.75 Å². The minimum atomic E-state index is -0.649. The summed E-state index contributed by atoms with van der Waals surface area (Å²) in [4.78, 5) is 0. The quantitative estimate of drug-likeness (QED) is 0.857. The number of aliphatic hydroxyl groups is 1. The van der Waals surface area contributed by atoms with Crippen LogP contribution in [0.4, 0.5) is 0 Å². The summed E-state index contributed by atoms with van der Waals surface area (Å²) >= 11 is 0. The SMILES string of the molecule is CCCC(CN)C1(O)CCc2ccc(OC)cc2C1. The lowest BCUT2D eigenvalue weighted by Crippen LogP contribution is -2.46. The molecule has 0 amide bonds. The molecule has 2 unspecified atom stereocenters. The third-order valence-electron chi connectivity index (χ3n) is 4.42. The smallest absolute Gasteiger partial charge is 0.119 e. The summed E-state index contributed by atoms with van der Waals surface area (Å²) in [6, 6.07) is 6.17. The van der Waals surface area contributed by atoms with Gasteiger partial charge in [0.05, 0.1) is 12.7 Å². The molecule has 1 aliphatic carbocycles. The monoisotopic (exact) mass is 263 g/mol. The Bertz CT molecular complexity index is 433. The standard InChI is InChI=1S/C16H25NO2/c1-3-4-14(11-17)16(18)8-7-12-5-6-15(19-2)9-13(12)10-16/h5-6,9,14,18H,3-4,7-8,10-11,17H2,1-2H3. The molecule has 19 heavy (non-hydrogen) atoms. The number of rotatable bonds is 5. The number of aryl methyl sites for hydroxylation is 1. The zero-order chi connectivity index (χ0) is 13.9. The summed E-state index contributed by atoms with van der Waals surface area (Å²) in [6.07, 6.45) is 4.49. The first kappa shape index (κ1) is 14.4. The molecule has 0 bridgehead atoms. The molecule has 1 aromatic carbocycles. The van der Waals surface area contributed by atoms with Gasteiger partial charge < -0.3 is 15.6 Å². The number of methoxy groups -OCH3 is 1. The molecule has 0 spiro atoms. The maximum absolute atomic E-state index is 11.0. The highest BCUT2D eigenvalue weighted by atomic mass is 16.5. The molecule has 0 radical (unpaired) electrons. The van der Waals surface area contributed by atoms with E-state index in [1.807, 2.05) is 6.07 Å². The molecule has 1 aromatic rings. The average molecular weight is 263 g/mol. The second-order valence-corrected chi connectivity index (χ2v) is 5.64. The lowest BCUT2D eigenvalue weighted by atomic mass is 9.72. The zero-order valence-corrected chi connectivity index (χ0v) is 12.0. The van der Waals surface area contributed by atoms with Crippen molar-refractivity contribution in [3.8, 4) is 5.75 Å². The van der Waals surface area contributed by atoms with Crippen LogP contribution in [0.3, 0.4) is 0 Å². The Morgan fingerprint density at radius 1 is 1.42 bits per heavy atom. The van der Waals surface area contributed by atoms with Gasteiger partial charge in [-0.2, -0.15) is 0 Å². The van der Waals surface area contributed by atoms with E-state index in [9.17, 15) is 5.11 Å². The predicted molar refractivity (Wildman–Crippen MR) is 77.4 cm³/mol. The number of benzene rings is 1. The lowest BCUT2D eigenvalue weighted by molar-refractivity contribution is -0.0307. The molecule has 0 aromatic heterocycles. The predicted octanol–water partition coefficient (Wildman–Crippen LogP) is 2.29. The highest BCUT2D eigenvalue weighted by Gasteiger charge is 2.38. The van der Waals surface area contributed by atoms with Crippen molar-refractivity contribution in [2.24, 2.45) is 11.7 Å². The minimum Gasteiger partial charge on any atom is -0.497 e. The van der Waals surface area contributed by atoms with Gasteiger partial charge in [-0.3, -0.25) is 0 Å². The molecule has 0 saturated carbocycles. The van der Waals surface area contributed by atoms with Crippen LogP contribution in [0.2, 0.25) is 0 Å². The normalized spacial score (nSPS) is 23.8. The molecule has 0 fully saturated rings. The van der Waals surface area contributed by atoms with Crippen molar-refractivity contribution in [3.63, 3.8) is 0 Å². The van der Waals surface area contributed by atoms with E-state index < -0.39 is 5.60 Å². The Morgan fingerprint density at radius 2 is 2.21 bits per heavy atom. The van der Waals surface area contributed by atoms with Crippen molar-refractivity contribution in [1.82, 2.24) is 0 Å². The van der Waals surface area contributed by atoms with Crippen LogP contribution in [0.5, 0.6) is 5.75 Å². The first-order chi connectivity index (χ1) is 9.12. The van der Waals surface area contributed by atoms with Gasteiger partial charge in [-0.15, -0.1) is 0 Å². The van der Waals surface area contributed by atoms with Crippen LogP contribution in [0.15, 0.2) is 18.2 Å². The van der Waals surface area contributed by atoms with Crippen LogP contribution in [0.1, 0.15) is 37.3 Å². The summed E-state index contributed by atoms with van der Waals surface area (Å²) in [6.45, 7) is 2.70.